The Balaban J connectivity index is 2.19. The molecule has 0 fully saturated rings. The van der Waals surface area contributed by atoms with E-state index in [4.69, 9.17) is 17.3 Å². The van der Waals surface area contributed by atoms with Gasteiger partial charge < -0.3 is 16.0 Å². The second-order valence-electron chi connectivity index (χ2n) is 8.53. The molecular formula is C24H35ClN4. The summed E-state index contributed by atoms with van der Waals surface area (Å²) >= 11 is 6.90. The molecule has 0 aromatic rings. The molecule has 4 nitrogen and oxygen atoms in total. The van der Waals surface area contributed by atoms with E-state index in [2.05, 4.69) is 67.7 Å². The molecule has 1 aliphatic heterocycles. The molecule has 1 heterocycles. The van der Waals surface area contributed by atoms with Gasteiger partial charge in [-0.15, -0.1) is 11.6 Å². The van der Waals surface area contributed by atoms with Crippen molar-refractivity contribution in [1.29, 1.82) is 0 Å². The first kappa shape index (κ1) is 23.1. The first-order valence-corrected chi connectivity index (χ1v) is 10.5. The first-order valence-electron chi connectivity index (χ1n) is 10.1. The van der Waals surface area contributed by atoms with E-state index in [0.29, 0.717) is 0 Å². The van der Waals surface area contributed by atoms with Gasteiger partial charge in [0.25, 0.3) is 0 Å². The summed E-state index contributed by atoms with van der Waals surface area (Å²) in [5.41, 5.74) is 11.2. The Hall–Kier alpha value is -2.20. The van der Waals surface area contributed by atoms with Crippen LogP contribution in [0.15, 0.2) is 75.9 Å². The molecule has 0 bridgehead atoms. The number of aliphatic imine (C=N–C) groups is 1. The smallest absolute Gasteiger partial charge is 0.125 e. The van der Waals surface area contributed by atoms with Crippen molar-refractivity contribution < 1.29 is 0 Å². The van der Waals surface area contributed by atoms with Gasteiger partial charge in [0.05, 0.1) is 5.38 Å². The minimum Gasteiger partial charge on any atom is -0.404 e. The van der Waals surface area contributed by atoms with E-state index in [-0.39, 0.29) is 16.8 Å². The lowest BCUT2D eigenvalue weighted by Crippen LogP contribution is -2.34. The summed E-state index contributed by atoms with van der Waals surface area (Å²) in [5.74, 6) is 0.775. The lowest BCUT2D eigenvalue weighted by Gasteiger charge is -2.32. The van der Waals surface area contributed by atoms with Crippen LogP contribution in [0.5, 0.6) is 0 Å². The van der Waals surface area contributed by atoms with E-state index in [1.807, 2.05) is 20.0 Å². The van der Waals surface area contributed by atoms with Gasteiger partial charge >= 0.3 is 0 Å². The monoisotopic (exact) mass is 414 g/mol. The van der Waals surface area contributed by atoms with Gasteiger partial charge in [-0.1, -0.05) is 44.2 Å². The number of halogens is 1. The van der Waals surface area contributed by atoms with Gasteiger partial charge in [-0.25, -0.2) is 4.99 Å². The molecule has 2 aliphatic rings. The Morgan fingerprint density at radius 1 is 1.41 bits per heavy atom. The zero-order valence-electron chi connectivity index (χ0n) is 18.6. The van der Waals surface area contributed by atoms with Crippen LogP contribution in [-0.4, -0.2) is 36.1 Å². The fourth-order valence-electron chi connectivity index (χ4n) is 3.55. The van der Waals surface area contributed by atoms with E-state index < -0.39 is 0 Å². The van der Waals surface area contributed by atoms with Gasteiger partial charge in [0.2, 0.25) is 0 Å². The molecule has 0 spiro atoms. The van der Waals surface area contributed by atoms with Crippen molar-refractivity contribution in [1.82, 2.24) is 10.2 Å². The van der Waals surface area contributed by atoms with Crippen molar-refractivity contribution in [3.05, 3.63) is 70.9 Å². The van der Waals surface area contributed by atoms with Crippen LogP contribution in [0.2, 0.25) is 0 Å². The zero-order chi connectivity index (χ0) is 21.8. The molecule has 5 heteroatoms. The molecule has 0 saturated carbocycles. The molecule has 2 unspecified atom stereocenters. The lowest BCUT2D eigenvalue weighted by atomic mass is 9.82. The van der Waals surface area contributed by atoms with Crippen LogP contribution < -0.4 is 11.1 Å². The van der Waals surface area contributed by atoms with Gasteiger partial charge in [-0.3, -0.25) is 0 Å². The number of allylic oxidation sites excluding steroid dienone is 5. The fraction of sp³-hybridized carbons (Fsp3) is 0.458. The van der Waals surface area contributed by atoms with Crippen LogP contribution in [0, 0.1) is 5.41 Å². The van der Waals surface area contributed by atoms with Crippen LogP contribution in [-0.2, 0) is 0 Å². The van der Waals surface area contributed by atoms with E-state index in [9.17, 15) is 0 Å². The maximum Gasteiger partial charge on any atom is 0.125 e. The summed E-state index contributed by atoms with van der Waals surface area (Å²) in [6.07, 6.45) is 12.8. The topological polar surface area (TPSA) is 53.6 Å². The molecule has 29 heavy (non-hydrogen) atoms. The third kappa shape index (κ3) is 5.24. The van der Waals surface area contributed by atoms with Crippen LogP contribution in [0.25, 0.3) is 0 Å². The Morgan fingerprint density at radius 2 is 2.10 bits per heavy atom. The van der Waals surface area contributed by atoms with Gasteiger partial charge in [0, 0.05) is 31.5 Å². The van der Waals surface area contributed by atoms with Crippen molar-refractivity contribution in [3.8, 4) is 0 Å². The molecule has 158 valence electrons. The van der Waals surface area contributed by atoms with E-state index in [1.165, 1.54) is 22.9 Å². The highest BCUT2D eigenvalue weighted by Crippen LogP contribution is 2.44. The molecule has 0 amide bonds. The Morgan fingerprint density at radius 3 is 2.72 bits per heavy atom. The van der Waals surface area contributed by atoms with Crippen LogP contribution in [0.1, 0.15) is 41.0 Å². The highest BCUT2D eigenvalue weighted by Gasteiger charge is 2.38. The summed E-state index contributed by atoms with van der Waals surface area (Å²) in [4.78, 5) is 6.76. The van der Waals surface area contributed by atoms with Crippen molar-refractivity contribution in [2.75, 3.05) is 13.6 Å². The quantitative estimate of drug-likeness (QED) is 0.364. The number of hydrogen-bond donors (Lipinski definition) is 2. The van der Waals surface area contributed by atoms with E-state index in [1.54, 1.807) is 6.21 Å². The fourth-order valence-corrected chi connectivity index (χ4v) is 3.83. The SMILES string of the molecule is C=C1C2=C(CN1C(C)/C(C)=C/C=C(/N=CC(C)=CN)NC)C(Cl)C(C)(C)CC=C2. The number of nitrogens with two attached hydrogens (primary N) is 1. The Kier molecular flexibility index (Phi) is 7.59. The van der Waals surface area contributed by atoms with E-state index in [0.717, 1.165) is 30.1 Å². The van der Waals surface area contributed by atoms with Crippen LogP contribution >= 0.6 is 11.6 Å². The second-order valence-corrected chi connectivity index (χ2v) is 8.97. The summed E-state index contributed by atoms with van der Waals surface area (Å²) in [7, 11) is 1.86. The highest BCUT2D eigenvalue weighted by atomic mass is 35.5. The summed E-state index contributed by atoms with van der Waals surface area (Å²) in [6.45, 7) is 15.9. The van der Waals surface area contributed by atoms with Gasteiger partial charge in [-0.05, 0) is 61.6 Å². The van der Waals surface area contributed by atoms with Crippen LogP contribution in [0.3, 0.4) is 0 Å². The number of nitrogens with zero attached hydrogens (tertiary/aromatic N) is 2. The van der Waals surface area contributed by atoms with Crippen LogP contribution in [0.4, 0.5) is 0 Å². The molecule has 0 aromatic heterocycles. The maximum atomic E-state index is 6.90. The predicted molar refractivity (Wildman–Crippen MR) is 127 cm³/mol. The molecule has 2 rings (SSSR count). The van der Waals surface area contributed by atoms with Crippen molar-refractivity contribution in [2.24, 2.45) is 16.1 Å². The molecule has 2 atom stereocenters. The summed E-state index contributed by atoms with van der Waals surface area (Å²) < 4.78 is 0. The summed E-state index contributed by atoms with van der Waals surface area (Å²) in [6, 6.07) is 0.207. The molecule has 3 N–H and O–H groups in total. The third-order valence-corrected chi connectivity index (χ3v) is 6.68. The number of hydrogen-bond acceptors (Lipinski definition) is 4. The van der Waals surface area contributed by atoms with Gasteiger partial charge in [0.1, 0.15) is 5.82 Å². The minimum atomic E-state index is 0.00898. The number of rotatable bonds is 6. The highest BCUT2D eigenvalue weighted by molar-refractivity contribution is 6.23. The van der Waals surface area contributed by atoms with Crippen molar-refractivity contribution in [2.45, 2.75) is 52.5 Å². The third-order valence-electron chi connectivity index (χ3n) is 5.82. The number of alkyl halides is 1. The maximum absolute atomic E-state index is 6.90. The molecule has 0 radical (unpaired) electrons. The predicted octanol–water partition coefficient (Wildman–Crippen LogP) is 5.03. The lowest BCUT2D eigenvalue weighted by molar-refractivity contribution is 0.323. The number of nitrogens with one attached hydrogen (secondary N) is 1. The van der Waals surface area contributed by atoms with Crippen molar-refractivity contribution in [3.63, 3.8) is 0 Å². The molecule has 0 saturated heterocycles. The minimum absolute atomic E-state index is 0.00898. The largest absolute Gasteiger partial charge is 0.404 e. The molecular weight excluding hydrogens is 380 g/mol. The van der Waals surface area contributed by atoms with Gasteiger partial charge in [-0.2, -0.15) is 0 Å². The Bertz CT molecular complexity index is 824. The average Bonchev–Trinajstić information content (AvgIpc) is 2.96. The zero-order valence-corrected chi connectivity index (χ0v) is 19.3. The van der Waals surface area contributed by atoms with E-state index >= 15 is 0 Å². The normalized spacial score (nSPS) is 24.2. The molecule has 1 aliphatic carbocycles. The van der Waals surface area contributed by atoms with Crippen molar-refractivity contribution >= 4 is 17.8 Å². The first-order chi connectivity index (χ1) is 13.6. The molecule has 0 aromatic carbocycles. The van der Waals surface area contributed by atoms with Gasteiger partial charge in [0.15, 0.2) is 0 Å². The average molecular weight is 415 g/mol. The second kappa shape index (κ2) is 9.53. The summed E-state index contributed by atoms with van der Waals surface area (Å²) in [5, 5.41) is 3.11. The standard InChI is InChI=1S/C24H35ClN4/c1-16(13-26)14-28-22(27-7)11-10-17(2)18(3)29-15-21-20(19(29)4)9-8-12-24(5,6)23(21)25/h8-11,13-14,18,23,27H,4,12,15,26H2,1-3,5-7H3/b16-13?,17-10+,22-11+,28-14?. The Labute approximate surface area is 181 Å².